The van der Waals surface area contributed by atoms with Crippen molar-refractivity contribution in [2.45, 2.75) is 32.1 Å². The van der Waals surface area contributed by atoms with E-state index >= 15 is 0 Å². The van der Waals surface area contributed by atoms with E-state index in [0.29, 0.717) is 0 Å². The van der Waals surface area contributed by atoms with Crippen LogP contribution in [0.1, 0.15) is 31.2 Å². The summed E-state index contributed by atoms with van der Waals surface area (Å²) in [5.41, 5.74) is 1.49. The Hall–Kier alpha value is -1.04. The van der Waals surface area contributed by atoms with Gasteiger partial charge in [-0.05, 0) is 43.6 Å². The van der Waals surface area contributed by atoms with Crippen molar-refractivity contribution in [1.82, 2.24) is 0 Å². The summed E-state index contributed by atoms with van der Waals surface area (Å²) in [7, 11) is 0. The molecule has 0 amide bonds. The van der Waals surface area contributed by atoms with Crippen LogP contribution in [0.5, 0.6) is 0 Å². The van der Waals surface area contributed by atoms with Crippen LogP contribution in [0.25, 0.3) is 0 Å². The molecule has 0 heterocycles. The molecule has 0 heteroatoms. The van der Waals surface area contributed by atoms with E-state index in [1.807, 2.05) is 0 Å². The Balaban J connectivity index is 1.93. The van der Waals surface area contributed by atoms with Crippen molar-refractivity contribution in [1.29, 1.82) is 0 Å². The first-order valence-electron chi connectivity index (χ1n) is 5.64. The van der Waals surface area contributed by atoms with Crippen LogP contribution in [0.2, 0.25) is 0 Å². The van der Waals surface area contributed by atoms with Gasteiger partial charge in [-0.15, -0.1) is 0 Å². The smallest absolute Gasteiger partial charge is 0.0247 e. The molecule has 1 aromatic carbocycles. The van der Waals surface area contributed by atoms with Gasteiger partial charge in [-0.2, -0.15) is 0 Å². The van der Waals surface area contributed by atoms with Crippen molar-refractivity contribution in [3.63, 3.8) is 0 Å². The van der Waals surface area contributed by atoms with Crippen LogP contribution in [-0.4, -0.2) is 0 Å². The maximum absolute atomic E-state index is 2.36. The average Bonchev–Trinajstić information content (AvgIpc) is 2.48. The van der Waals surface area contributed by atoms with Gasteiger partial charge in [0, 0.05) is 0 Å². The van der Waals surface area contributed by atoms with Gasteiger partial charge in [0.05, 0.1) is 0 Å². The molecule has 0 N–H and O–H groups in total. The van der Waals surface area contributed by atoms with Crippen LogP contribution in [0.15, 0.2) is 42.5 Å². The predicted molar refractivity (Wildman–Crippen MR) is 61.2 cm³/mol. The van der Waals surface area contributed by atoms with Gasteiger partial charge in [-0.1, -0.05) is 42.5 Å². The minimum absolute atomic E-state index is 0.871. The number of rotatable bonds is 2. The molecule has 0 bridgehead atoms. The van der Waals surface area contributed by atoms with E-state index in [0.717, 1.165) is 5.92 Å². The van der Waals surface area contributed by atoms with Crippen LogP contribution in [0.3, 0.4) is 0 Å². The zero-order valence-electron chi connectivity index (χ0n) is 8.65. The van der Waals surface area contributed by atoms with Crippen LogP contribution < -0.4 is 0 Å². The highest BCUT2D eigenvalue weighted by molar-refractivity contribution is 5.15. The van der Waals surface area contributed by atoms with Gasteiger partial charge in [0.2, 0.25) is 0 Å². The zero-order chi connectivity index (χ0) is 9.64. The molecule has 0 nitrogen and oxygen atoms in total. The summed E-state index contributed by atoms with van der Waals surface area (Å²) >= 11 is 0. The highest BCUT2D eigenvalue weighted by Crippen LogP contribution is 2.22. The Morgan fingerprint density at radius 1 is 1.07 bits per heavy atom. The third-order valence-electron chi connectivity index (χ3n) is 2.99. The minimum Gasteiger partial charge on any atom is -0.0885 e. The number of benzene rings is 1. The number of allylic oxidation sites excluding steroid dienone is 2. The molecule has 1 unspecified atom stereocenters. The van der Waals surface area contributed by atoms with Crippen molar-refractivity contribution in [3.8, 4) is 0 Å². The van der Waals surface area contributed by atoms with E-state index in [4.69, 9.17) is 0 Å². The maximum atomic E-state index is 2.36. The summed E-state index contributed by atoms with van der Waals surface area (Å²) in [6, 6.07) is 10.9. The van der Waals surface area contributed by atoms with Crippen LogP contribution in [0, 0.1) is 5.92 Å². The molecule has 1 aliphatic rings. The van der Waals surface area contributed by atoms with E-state index in [1.54, 1.807) is 0 Å². The molecule has 1 atom stereocenters. The van der Waals surface area contributed by atoms with Crippen molar-refractivity contribution >= 4 is 0 Å². The largest absolute Gasteiger partial charge is 0.0885 e. The van der Waals surface area contributed by atoms with Crippen molar-refractivity contribution < 1.29 is 0 Å². The Kier molecular flexibility index (Phi) is 3.39. The van der Waals surface area contributed by atoms with Crippen molar-refractivity contribution in [3.05, 3.63) is 48.0 Å². The van der Waals surface area contributed by atoms with Gasteiger partial charge >= 0.3 is 0 Å². The first-order chi connectivity index (χ1) is 6.95. The van der Waals surface area contributed by atoms with Gasteiger partial charge in [0.15, 0.2) is 0 Å². The second kappa shape index (κ2) is 4.99. The Morgan fingerprint density at radius 2 is 1.93 bits per heavy atom. The summed E-state index contributed by atoms with van der Waals surface area (Å²) in [5, 5.41) is 0. The molecular formula is C14H18. The van der Waals surface area contributed by atoms with E-state index in [9.17, 15) is 0 Å². The molecule has 1 aromatic rings. The fourth-order valence-corrected chi connectivity index (χ4v) is 2.18. The fourth-order valence-electron chi connectivity index (χ4n) is 2.18. The van der Waals surface area contributed by atoms with Gasteiger partial charge in [-0.3, -0.25) is 0 Å². The molecule has 0 fully saturated rings. The quantitative estimate of drug-likeness (QED) is 0.613. The normalized spacial score (nSPS) is 21.9. The summed E-state index contributed by atoms with van der Waals surface area (Å²) in [4.78, 5) is 0. The van der Waals surface area contributed by atoms with Gasteiger partial charge < -0.3 is 0 Å². The molecule has 0 radical (unpaired) electrons. The first kappa shape index (κ1) is 9.51. The van der Waals surface area contributed by atoms with E-state index in [-0.39, 0.29) is 0 Å². The molecule has 0 saturated carbocycles. The highest BCUT2D eigenvalue weighted by atomic mass is 14.1. The lowest BCUT2D eigenvalue weighted by Gasteiger charge is -2.12. The topological polar surface area (TPSA) is 0 Å². The van der Waals surface area contributed by atoms with E-state index in [1.165, 1.54) is 37.7 Å². The molecule has 0 aromatic heterocycles. The summed E-state index contributed by atoms with van der Waals surface area (Å²) in [5.74, 6) is 0.871. The second-order valence-corrected chi connectivity index (χ2v) is 4.19. The highest BCUT2D eigenvalue weighted by Gasteiger charge is 2.09. The monoisotopic (exact) mass is 186 g/mol. The Labute approximate surface area is 86.7 Å². The molecule has 1 aliphatic carbocycles. The van der Waals surface area contributed by atoms with Gasteiger partial charge in [0.25, 0.3) is 0 Å². The fraction of sp³-hybridized carbons (Fsp3) is 0.429. The van der Waals surface area contributed by atoms with Crippen LogP contribution in [0.4, 0.5) is 0 Å². The third kappa shape index (κ3) is 2.73. The first-order valence-corrected chi connectivity index (χ1v) is 5.64. The lowest BCUT2D eigenvalue weighted by atomic mass is 9.93. The average molecular weight is 186 g/mol. The van der Waals surface area contributed by atoms with E-state index in [2.05, 4.69) is 42.5 Å². The molecule has 14 heavy (non-hydrogen) atoms. The number of hydrogen-bond acceptors (Lipinski definition) is 0. The molecule has 2 rings (SSSR count). The minimum atomic E-state index is 0.871. The SMILES string of the molecule is C1=CCC(Cc2ccccc2)CCC1. The lowest BCUT2D eigenvalue weighted by molar-refractivity contribution is 0.483. The standard InChI is InChI=1S/C14H18/c1-2-5-9-13(8-4-1)12-14-10-6-3-7-11-14/h1,3-4,6-7,10-11,13H,2,5,8-9,12H2. The molecule has 0 spiro atoms. The third-order valence-corrected chi connectivity index (χ3v) is 2.99. The molecular weight excluding hydrogens is 168 g/mol. The van der Waals surface area contributed by atoms with Crippen molar-refractivity contribution in [2.75, 3.05) is 0 Å². The second-order valence-electron chi connectivity index (χ2n) is 4.19. The Morgan fingerprint density at radius 3 is 2.79 bits per heavy atom. The summed E-state index contributed by atoms with van der Waals surface area (Å²) in [6.45, 7) is 0. The number of hydrogen-bond donors (Lipinski definition) is 0. The predicted octanol–water partition coefficient (Wildman–Crippen LogP) is 3.98. The lowest BCUT2D eigenvalue weighted by Crippen LogP contribution is -2.02. The van der Waals surface area contributed by atoms with Crippen LogP contribution >= 0.6 is 0 Å². The molecule has 0 aliphatic heterocycles. The molecule has 0 saturated heterocycles. The van der Waals surface area contributed by atoms with Crippen LogP contribution in [-0.2, 0) is 6.42 Å². The zero-order valence-corrected chi connectivity index (χ0v) is 8.65. The van der Waals surface area contributed by atoms with Gasteiger partial charge in [0.1, 0.15) is 0 Å². The Bertz CT molecular complexity index is 284. The maximum Gasteiger partial charge on any atom is -0.0247 e. The van der Waals surface area contributed by atoms with Gasteiger partial charge in [-0.25, -0.2) is 0 Å². The summed E-state index contributed by atoms with van der Waals surface area (Å²) < 4.78 is 0. The van der Waals surface area contributed by atoms with E-state index < -0.39 is 0 Å². The summed E-state index contributed by atoms with van der Waals surface area (Å²) in [6.07, 6.45) is 11.3. The molecule has 74 valence electrons. The van der Waals surface area contributed by atoms with Crippen molar-refractivity contribution in [2.24, 2.45) is 5.92 Å².